The number of carbonyl (C=O) groups is 1. The van der Waals surface area contributed by atoms with Gasteiger partial charge in [-0.15, -0.1) is 0 Å². The number of rotatable bonds is 2. The van der Waals surface area contributed by atoms with E-state index in [-0.39, 0.29) is 49.0 Å². The van der Waals surface area contributed by atoms with Gasteiger partial charge in [-0.05, 0) is 0 Å². The van der Waals surface area contributed by atoms with Crippen molar-refractivity contribution in [1.29, 1.82) is 0 Å². The zero-order chi connectivity index (χ0) is 10.8. The van der Waals surface area contributed by atoms with Gasteiger partial charge in [0.2, 0.25) is 0 Å². The van der Waals surface area contributed by atoms with E-state index in [1.807, 2.05) is 30.3 Å². The van der Waals surface area contributed by atoms with Gasteiger partial charge < -0.3 is 0 Å². The third-order valence-electron chi connectivity index (χ3n) is 2.35. The van der Waals surface area contributed by atoms with Gasteiger partial charge in [0.05, 0.1) is 0 Å². The molecule has 0 saturated heterocycles. The molecular weight excluding hydrogens is 402 g/mol. The summed E-state index contributed by atoms with van der Waals surface area (Å²) in [5.41, 5.74) is 1.67. The number of Topliss-reactive ketones (excluding diaryl/α,β-unsaturated/α-hetero) is 1. The van der Waals surface area contributed by atoms with E-state index in [2.05, 4.69) is 5.83 Å². The number of fused-ring (bicyclic) bond motifs is 1. The molecule has 0 unspecified atom stereocenters. The minimum absolute atomic E-state index is 0.0897. The summed E-state index contributed by atoms with van der Waals surface area (Å²) in [5, 5.41) is 1.01. The second-order valence-electron chi connectivity index (χ2n) is 3.41. The number of ketones is 1. The zero-order valence-corrected chi connectivity index (χ0v) is 17.0. The van der Waals surface area contributed by atoms with Crippen molar-refractivity contribution in [3.05, 3.63) is 35.9 Å². The second kappa shape index (κ2) is 4.61. The van der Waals surface area contributed by atoms with Crippen molar-refractivity contribution in [1.82, 2.24) is 4.98 Å². The summed E-state index contributed by atoms with van der Waals surface area (Å²) >= 11 is 0.261. The second-order valence-corrected chi connectivity index (χ2v) is 5.47. The summed E-state index contributed by atoms with van der Waals surface area (Å²) in [6, 6.07) is 9.55. The summed E-state index contributed by atoms with van der Waals surface area (Å²) < 4.78 is 3.21. The Labute approximate surface area is 118 Å². The SMILES string of the molecule is CC(=O)c1ccc2nc([NH][RaH])ccc2c1. The first-order valence-corrected chi connectivity index (χ1v) is 8.91. The van der Waals surface area contributed by atoms with E-state index in [1.165, 1.54) is 0 Å². The molecule has 3 nitrogen and oxygen atoms in total. The molecular formula is C11H10N2ORa. The Balaban J connectivity index is 2.59. The van der Waals surface area contributed by atoms with Crippen LogP contribution in [0.4, 0.5) is 5.82 Å². The molecule has 1 N–H and O–H groups in total. The van der Waals surface area contributed by atoms with E-state index in [0.29, 0.717) is 0 Å². The molecule has 0 spiro atoms. The van der Waals surface area contributed by atoms with E-state index in [9.17, 15) is 4.79 Å². The average molecular weight is 412 g/mol. The number of pyridine rings is 1. The quantitative estimate of drug-likeness (QED) is 0.769. The summed E-state index contributed by atoms with van der Waals surface area (Å²) in [4.78, 5) is 15.6. The summed E-state index contributed by atoms with van der Waals surface area (Å²) in [6.45, 7) is 1.58. The van der Waals surface area contributed by atoms with Crippen molar-refractivity contribution in [2.75, 3.05) is 0.848 Å². The number of hydrogen-bond acceptors (Lipinski definition) is 3. The van der Waals surface area contributed by atoms with Crippen LogP contribution in [-0.4, -0.2) is 10.8 Å². The molecule has 0 saturated carbocycles. The first-order valence-electron chi connectivity index (χ1n) is 4.80. The number of aromatic nitrogens is 1. The van der Waals surface area contributed by atoms with Gasteiger partial charge in [0.15, 0.2) is 0 Å². The van der Waals surface area contributed by atoms with Crippen molar-refractivity contribution in [2.45, 2.75) is 6.92 Å². The summed E-state index contributed by atoms with van der Waals surface area (Å²) in [6.07, 6.45) is 0. The van der Waals surface area contributed by atoms with Crippen LogP contribution < -0.4 is 0.848 Å². The van der Waals surface area contributed by atoms with Gasteiger partial charge in [-0.2, -0.15) is 0 Å². The third-order valence-corrected chi connectivity index (χ3v) is 4.46. The molecule has 0 radical (unpaired) electrons. The molecule has 15 heavy (non-hydrogen) atoms. The van der Waals surface area contributed by atoms with Crippen molar-refractivity contribution in [2.24, 2.45) is 0 Å². The number of anilines is 1. The van der Waals surface area contributed by atoms with Crippen molar-refractivity contribution < 1.29 is 48.0 Å². The topological polar surface area (TPSA) is 42.0 Å². The van der Waals surface area contributed by atoms with Crippen LogP contribution in [0.5, 0.6) is 0 Å². The predicted molar refractivity (Wildman–Crippen MR) is 56.8 cm³/mol. The molecule has 0 atom stereocenters. The molecule has 0 aliphatic heterocycles. The molecule has 0 aliphatic rings. The monoisotopic (exact) mass is 412 g/mol. The first kappa shape index (κ1) is 11.1. The van der Waals surface area contributed by atoms with Crippen LogP contribution in [0.1, 0.15) is 17.3 Å². The predicted octanol–water partition coefficient (Wildman–Crippen LogP) is 2.05. The van der Waals surface area contributed by atoms with Gasteiger partial charge in [0, 0.05) is 0 Å². The molecule has 0 amide bonds. The molecule has 72 valence electrons. The van der Waals surface area contributed by atoms with Gasteiger partial charge >= 0.3 is 119 Å². The molecule has 2 rings (SSSR count). The van der Waals surface area contributed by atoms with E-state index in [0.717, 1.165) is 22.3 Å². The summed E-state index contributed by atoms with van der Waals surface area (Å²) in [5.74, 6) is 1.02. The van der Waals surface area contributed by atoms with Gasteiger partial charge in [-0.3, -0.25) is 0 Å². The fourth-order valence-corrected chi connectivity index (χ4v) is 2.63. The Morgan fingerprint density at radius 1 is 1.33 bits per heavy atom. The van der Waals surface area contributed by atoms with Crippen LogP contribution in [0, 0.1) is 43.2 Å². The average Bonchev–Trinajstić information content (AvgIpc) is 2.27. The van der Waals surface area contributed by atoms with Crippen LogP contribution >= 0.6 is 0 Å². The van der Waals surface area contributed by atoms with E-state index < -0.39 is 0 Å². The Morgan fingerprint density at radius 3 is 2.80 bits per heavy atom. The molecule has 4 heteroatoms. The molecule has 0 fully saturated rings. The number of benzene rings is 1. The number of hydrogen-bond donors (Lipinski definition) is 1. The van der Waals surface area contributed by atoms with Gasteiger partial charge in [0.25, 0.3) is 0 Å². The van der Waals surface area contributed by atoms with Crippen LogP contribution in [-0.2, 0) is 0 Å². The van der Waals surface area contributed by atoms with E-state index in [1.54, 1.807) is 6.92 Å². The number of nitrogens with zero attached hydrogens (tertiary/aromatic N) is 1. The van der Waals surface area contributed by atoms with Gasteiger partial charge in [-0.25, -0.2) is 0 Å². The minimum atomic E-state index is 0.0897. The third kappa shape index (κ3) is 2.39. The summed E-state index contributed by atoms with van der Waals surface area (Å²) in [7, 11) is 0. The van der Waals surface area contributed by atoms with E-state index in [4.69, 9.17) is 0 Å². The van der Waals surface area contributed by atoms with Crippen molar-refractivity contribution in [3.8, 4) is 0 Å². The number of carbonyl (C=O) groups excluding carboxylic acids is 1. The Morgan fingerprint density at radius 2 is 2.13 bits per heavy atom. The zero-order valence-electron chi connectivity index (χ0n) is 8.74. The van der Waals surface area contributed by atoms with Crippen LogP contribution in [0.3, 0.4) is 0 Å². The first-order chi connectivity index (χ1) is 7.20. The molecule has 1 heterocycles. The van der Waals surface area contributed by atoms with Gasteiger partial charge in [0.1, 0.15) is 0 Å². The van der Waals surface area contributed by atoms with Crippen molar-refractivity contribution in [3.63, 3.8) is 0 Å². The maximum absolute atomic E-state index is 11.2. The fraction of sp³-hybridized carbons (Fsp3) is 0.0909. The van der Waals surface area contributed by atoms with Crippen LogP contribution in [0.25, 0.3) is 10.9 Å². The van der Waals surface area contributed by atoms with Crippen molar-refractivity contribution >= 4 is 22.5 Å². The molecule has 2 aromatic rings. The Hall–Kier alpha value is -0.432. The molecule has 0 aliphatic carbocycles. The Kier molecular flexibility index (Phi) is 3.40. The molecule has 1 aromatic carbocycles. The van der Waals surface area contributed by atoms with Crippen LogP contribution in [0.2, 0.25) is 0 Å². The Bertz CT molecular complexity index is 525. The van der Waals surface area contributed by atoms with Crippen LogP contribution in [0.15, 0.2) is 30.3 Å². The molecule has 1 aromatic heterocycles. The van der Waals surface area contributed by atoms with Gasteiger partial charge in [-0.1, -0.05) is 0 Å². The normalized spacial score (nSPS) is 10.1. The fourth-order valence-electron chi connectivity index (χ4n) is 1.48. The number of nitrogens with one attached hydrogen (secondary N) is 1. The standard InChI is InChI=1S/C11H10N2O.Ra.H/c1-7(14)8-2-4-10-9(6-8)3-5-11(12)13-10;;/h2-6H,1H3,(H2,12,13,14);;/q;+1;/p-1. The maximum atomic E-state index is 11.2. The molecule has 0 bridgehead atoms. The van der Waals surface area contributed by atoms with E-state index >= 15 is 0 Å².